The topological polar surface area (TPSA) is 24.9 Å². The van der Waals surface area contributed by atoms with E-state index in [4.69, 9.17) is 0 Å². The third-order valence-corrected chi connectivity index (χ3v) is 2.49. The summed E-state index contributed by atoms with van der Waals surface area (Å²) in [4.78, 5) is 4.35. The van der Waals surface area contributed by atoms with Crippen LogP contribution in [0.15, 0.2) is 24.4 Å². The lowest BCUT2D eigenvalue weighted by Gasteiger charge is -2.21. The molecule has 1 aromatic heterocycles. The zero-order valence-corrected chi connectivity index (χ0v) is 10.2. The first-order valence-corrected chi connectivity index (χ1v) is 5.76. The van der Waals surface area contributed by atoms with Crippen molar-refractivity contribution in [3.8, 4) is 0 Å². The van der Waals surface area contributed by atoms with Crippen molar-refractivity contribution in [1.29, 1.82) is 0 Å². The van der Waals surface area contributed by atoms with Crippen LogP contribution in [0.3, 0.4) is 0 Å². The number of rotatable bonds is 5. The van der Waals surface area contributed by atoms with E-state index in [-0.39, 0.29) is 0 Å². The monoisotopic (exact) mass is 206 g/mol. The molecule has 1 heterocycles. The van der Waals surface area contributed by atoms with Crippen molar-refractivity contribution in [2.75, 3.05) is 0 Å². The number of nitrogens with one attached hydrogen (secondary N) is 1. The van der Waals surface area contributed by atoms with Gasteiger partial charge in [0.1, 0.15) is 0 Å². The zero-order valence-electron chi connectivity index (χ0n) is 10.2. The maximum absolute atomic E-state index is 4.35. The van der Waals surface area contributed by atoms with E-state index in [1.54, 1.807) is 0 Å². The molecule has 2 nitrogen and oxygen atoms in total. The summed E-state index contributed by atoms with van der Waals surface area (Å²) in [5, 5.41) is 3.56. The summed E-state index contributed by atoms with van der Waals surface area (Å²) in [5.41, 5.74) is 1.12. The lowest BCUT2D eigenvalue weighted by atomic mass is 10.0. The van der Waals surface area contributed by atoms with Gasteiger partial charge in [0.15, 0.2) is 0 Å². The van der Waals surface area contributed by atoms with Gasteiger partial charge >= 0.3 is 0 Å². The maximum atomic E-state index is 4.35. The number of aromatic nitrogens is 1. The van der Waals surface area contributed by atoms with E-state index < -0.39 is 0 Å². The Hall–Kier alpha value is -0.890. The quantitative estimate of drug-likeness (QED) is 0.800. The van der Waals surface area contributed by atoms with Crippen LogP contribution in [-0.2, 0) is 0 Å². The highest BCUT2D eigenvalue weighted by Crippen LogP contribution is 2.12. The molecule has 0 spiro atoms. The largest absolute Gasteiger partial charge is 0.306 e. The van der Waals surface area contributed by atoms with Crippen molar-refractivity contribution in [1.82, 2.24) is 10.3 Å². The Morgan fingerprint density at radius 3 is 2.47 bits per heavy atom. The molecule has 0 aliphatic heterocycles. The first-order valence-electron chi connectivity index (χ1n) is 5.76. The second kappa shape index (κ2) is 5.86. The molecule has 1 N–H and O–H groups in total. The fraction of sp³-hybridized carbons (Fsp3) is 0.615. The molecule has 0 aliphatic carbocycles. The van der Waals surface area contributed by atoms with E-state index in [1.807, 2.05) is 18.3 Å². The van der Waals surface area contributed by atoms with Gasteiger partial charge in [-0.05, 0) is 38.3 Å². The average molecular weight is 206 g/mol. The van der Waals surface area contributed by atoms with E-state index in [0.29, 0.717) is 12.1 Å². The SMILES string of the molecule is CC(C)C[C@@H](C)N[C@@H](C)c1ccccn1. The standard InChI is InChI=1S/C13H22N2/c1-10(2)9-11(3)15-12(4)13-7-5-6-8-14-13/h5-8,10-12,15H,9H2,1-4H3/t11-,12+/m1/s1. The highest BCUT2D eigenvalue weighted by molar-refractivity contribution is 5.07. The van der Waals surface area contributed by atoms with Gasteiger partial charge in [0.2, 0.25) is 0 Å². The third kappa shape index (κ3) is 4.43. The van der Waals surface area contributed by atoms with Crippen LogP contribution in [-0.4, -0.2) is 11.0 Å². The molecule has 0 unspecified atom stereocenters. The first-order chi connectivity index (χ1) is 7.09. The molecule has 84 valence electrons. The molecule has 1 aromatic rings. The van der Waals surface area contributed by atoms with Crippen LogP contribution in [0.5, 0.6) is 0 Å². The van der Waals surface area contributed by atoms with Crippen LogP contribution in [0, 0.1) is 5.92 Å². The number of hydrogen-bond donors (Lipinski definition) is 1. The van der Waals surface area contributed by atoms with Crippen LogP contribution < -0.4 is 5.32 Å². The lowest BCUT2D eigenvalue weighted by Crippen LogP contribution is -2.30. The molecule has 0 amide bonds. The normalized spacial score (nSPS) is 15.3. The van der Waals surface area contributed by atoms with Crippen molar-refractivity contribution < 1.29 is 0 Å². The first kappa shape index (κ1) is 12.2. The van der Waals surface area contributed by atoms with Gasteiger partial charge < -0.3 is 5.32 Å². The van der Waals surface area contributed by atoms with Crippen molar-refractivity contribution in [2.45, 2.75) is 46.2 Å². The van der Waals surface area contributed by atoms with Crippen molar-refractivity contribution in [3.05, 3.63) is 30.1 Å². The minimum absolute atomic E-state index is 0.333. The second-order valence-electron chi connectivity index (χ2n) is 4.67. The number of hydrogen-bond acceptors (Lipinski definition) is 2. The van der Waals surface area contributed by atoms with Gasteiger partial charge in [0.05, 0.1) is 5.69 Å². The minimum Gasteiger partial charge on any atom is -0.306 e. The fourth-order valence-electron chi connectivity index (χ4n) is 1.92. The highest BCUT2D eigenvalue weighted by atomic mass is 15.0. The van der Waals surface area contributed by atoms with Gasteiger partial charge in [-0.2, -0.15) is 0 Å². The molecular weight excluding hydrogens is 184 g/mol. The molecule has 2 heteroatoms. The summed E-state index contributed by atoms with van der Waals surface area (Å²) < 4.78 is 0. The Balaban J connectivity index is 2.45. The average Bonchev–Trinajstić information content (AvgIpc) is 2.17. The summed E-state index contributed by atoms with van der Waals surface area (Å²) in [7, 11) is 0. The molecule has 2 atom stereocenters. The minimum atomic E-state index is 0.333. The molecule has 0 fully saturated rings. The molecule has 1 rings (SSSR count). The Morgan fingerprint density at radius 2 is 1.93 bits per heavy atom. The maximum Gasteiger partial charge on any atom is 0.0570 e. The Morgan fingerprint density at radius 1 is 1.20 bits per heavy atom. The van der Waals surface area contributed by atoms with E-state index in [0.717, 1.165) is 11.6 Å². The fourth-order valence-corrected chi connectivity index (χ4v) is 1.92. The van der Waals surface area contributed by atoms with Gasteiger partial charge in [-0.15, -0.1) is 0 Å². The van der Waals surface area contributed by atoms with Gasteiger partial charge in [0, 0.05) is 18.3 Å². The molecule has 0 aliphatic rings. The predicted octanol–water partition coefficient (Wildman–Crippen LogP) is 3.17. The predicted molar refractivity (Wildman–Crippen MR) is 64.7 cm³/mol. The molecule has 0 saturated heterocycles. The third-order valence-electron chi connectivity index (χ3n) is 2.49. The van der Waals surface area contributed by atoms with Crippen molar-refractivity contribution >= 4 is 0 Å². The second-order valence-corrected chi connectivity index (χ2v) is 4.67. The van der Waals surface area contributed by atoms with Gasteiger partial charge in [-0.3, -0.25) is 4.98 Å². The Labute approximate surface area is 93.1 Å². The molecule has 0 radical (unpaired) electrons. The smallest absolute Gasteiger partial charge is 0.0570 e. The molecule has 0 aromatic carbocycles. The van der Waals surface area contributed by atoms with Crippen molar-refractivity contribution in [3.63, 3.8) is 0 Å². The lowest BCUT2D eigenvalue weighted by molar-refractivity contribution is 0.403. The Bertz CT molecular complexity index is 269. The summed E-state index contributed by atoms with van der Waals surface area (Å²) in [5.74, 6) is 0.739. The van der Waals surface area contributed by atoms with Crippen LogP contribution >= 0.6 is 0 Å². The summed E-state index contributed by atoms with van der Waals surface area (Å²) in [6.45, 7) is 8.91. The van der Waals surface area contributed by atoms with Gasteiger partial charge in [0.25, 0.3) is 0 Å². The van der Waals surface area contributed by atoms with Crippen LogP contribution in [0.4, 0.5) is 0 Å². The van der Waals surface area contributed by atoms with Crippen molar-refractivity contribution in [2.24, 2.45) is 5.92 Å². The Kier molecular flexibility index (Phi) is 4.76. The van der Waals surface area contributed by atoms with Crippen LogP contribution in [0.25, 0.3) is 0 Å². The van der Waals surface area contributed by atoms with E-state index in [1.165, 1.54) is 6.42 Å². The van der Waals surface area contributed by atoms with Gasteiger partial charge in [-0.25, -0.2) is 0 Å². The molecule has 0 bridgehead atoms. The zero-order chi connectivity index (χ0) is 11.3. The number of pyridine rings is 1. The number of nitrogens with zero attached hydrogens (tertiary/aromatic N) is 1. The van der Waals surface area contributed by atoms with E-state index >= 15 is 0 Å². The van der Waals surface area contributed by atoms with Crippen LogP contribution in [0.1, 0.15) is 45.9 Å². The molecular formula is C13H22N2. The molecule has 15 heavy (non-hydrogen) atoms. The molecule has 0 saturated carbocycles. The van der Waals surface area contributed by atoms with Gasteiger partial charge in [-0.1, -0.05) is 19.9 Å². The van der Waals surface area contributed by atoms with Crippen LogP contribution in [0.2, 0.25) is 0 Å². The van der Waals surface area contributed by atoms with E-state index in [9.17, 15) is 0 Å². The summed E-state index contributed by atoms with van der Waals surface area (Å²) >= 11 is 0. The highest BCUT2D eigenvalue weighted by Gasteiger charge is 2.10. The summed E-state index contributed by atoms with van der Waals surface area (Å²) in [6.07, 6.45) is 3.05. The summed E-state index contributed by atoms with van der Waals surface area (Å²) in [6, 6.07) is 6.93. The van der Waals surface area contributed by atoms with E-state index in [2.05, 4.69) is 44.1 Å².